The summed E-state index contributed by atoms with van der Waals surface area (Å²) >= 11 is 0. The van der Waals surface area contributed by atoms with Gasteiger partial charge in [-0.15, -0.1) is 0 Å². The lowest BCUT2D eigenvalue weighted by Gasteiger charge is -2.37. The smallest absolute Gasteiger partial charge is 0.00952 e. The molecule has 1 nitrogen and oxygen atoms in total. The van der Waals surface area contributed by atoms with Gasteiger partial charge in [-0.2, -0.15) is 0 Å². The Labute approximate surface area is 95.0 Å². The first kappa shape index (κ1) is 11.4. The minimum absolute atomic E-state index is 0.581. The molecule has 0 aromatic rings. The van der Waals surface area contributed by atoms with Gasteiger partial charge >= 0.3 is 0 Å². The molecule has 2 saturated carbocycles. The van der Waals surface area contributed by atoms with E-state index < -0.39 is 0 Å². The van der Waals surface area contributed by atoms with Crippen LogP contribution < -0.4 is 5.32 Å². The molecule has 88 valence electrons. The molecule has 0 heterocycles. The number of hydrogen-bond acceptors (Lipinski definition) is 1. The van der Waals surface area contributed by atoms with E-state index in [1.54, 1.807) is 0 Å². The second-order valence-electron chi connectivity index (χ2n) is 6.48. The first-order valence-electron chi connectivity index (χ1n) is 6.87. The van der Waals surface area contributed by atoms with Crippen molar-refractivity contribution in [3.8, 4) is 0 Å². The fraction of sp³-hybridized carbons (Fsp3) is 1.00. The summed E-state index contributed by atoms with van der Waals surface area (Å²) in [6, 6.07) is 1.63. The summed E-state index contributed by atoms with van der Waals surface area (Å²) in [4.78, 5) is 0. The van der Waals surface area contributed by atoms with Crippen LogP contribution in [0.25, 0.3) is 0 Å². The molecule has 0 aromatic carbocycles. The third-order valence-corrected chi connectivity index (χ3v) is 4.29. The molecular formula is C14H27N. The van der Waals surface area contributed by atoms with Crippen LogP contribution in [0, 0.1) is 11.3 Å². The van der Waals surface area contributed by atoms with Gasteiger partial charge in [0.1, 0.15) is 0 Å². The fourth-order valence-electron chi connectivity index (χ4n) is 3.23. The summed E-state index contributed by atoms with van der Waals surface area (Å²) in [7, 11) is 0. The standard InChI is InChI=1S/C14H27N/c1-4-13(11-7-8-11)15-12-6-5-9-14(2,3)10-12/h11-13,15H,4-10H2,1-3H3. The van der Waals surface area contributed by atoms with Crippen molar-refractivity contribution in [2.45, 2.75) is 77.8 Å². The highest BCUT2D eigenvalue weighted by Crippen LogP contribution is 2.38. The average Bonchev–Trinajstić information content (AvgIpc) is 2.96. The third-order valence-electron chi connectivity index (χ3n) is 4.29. The van der Waals surface area contributed by atoms with Crippen LogP contribution in [0.3, 0.4) is 0 Å². The maximum Gasteiger partial charge on any atom is 0.00952 e. The molecule has 0 aromatic heterocycles. The lowest BCUT2D eigenvalue weighted by molar-refractivity contribution is 0.184. The zero-order valence-electron chi connectivity index (χ0n) is 10.7. The molecule has 2 aliphatic carbocycles. The molecule has 1 N–H and O–H groups in total. The van der Waals surface area contributed by atoms with Crippen molar-refractivity contribution in [2.75, 3.05) is 0 Å². The Morgan fingerprint density at radius 2 is 2.00 bits per heavy atom. The number of nitrogens with one attached hydrogen (secondary N) is 1. The van der Waals surface area contributed by atoms with Crippen LogP contribution in [0.15, 0.2) is 0 Å². The molecule has 2 rings (SSSR count). The average molecular weight is 209 g/mol. The highest BCUT2D eigenvalue weighted by atomic mass is 15.0. The van der Waals surface area contributed by atoms with Gasteiger partial charge in [0.2, 0.25) is 0 Å². The van der Waals surface area contributed by atoms with Gasteiger partial charge < -0.3 is 5.32 Å². The summed E-state index contributed by atoms with van der Waals surface area (Å²) in [5.74, 6) is 1.01. The van der Waals surface area contributed by atoms with E-state index in [0.29, 0.717) is 5.41 Å². The van der Waals surface area contributed by atoms with Crippen molar-refractivity contribution < 1.29 is 0 Å². The molecule has 0 radical (unpaired) electrons. The summed E-state index contributed by atoms with van der Waals surface area (Å²) in [5.41, 5.74) is 0.581. The van der Waals surface area contributed by atoms with Crippen LogP contribution in [0.4, 0.5) is 0 Å². The van der Waals surface area contributed by atoms with Gasteiger partial charge in [-0.05, 0) is 49.9 Å². The normalized spacial score (nSPS) is 32.6. The lowest BCUT2D eigenvalue weighted by atomic mass is 9.75. The van der Waals surface area contributed by atoms with Crippen LogP contribution in [0.5, 0.6) is 0 Å². The van der Waals surface area contributed by atoms with Gasteiger partial charge in [0.05, 0.1) is 0 Å². The molecule has 1 heteroatoms. The summed E-state index contributed by atoms with van der Waals surface area (Å²) in [6.45, 7) is 7.20. The van der Waals surface area contributed by atoms with E-state index in [0.717, 1.165) is 18.0 Å². The number of rotatable bonds is 4. The Morgan fingerprint density at radius 1 is 1.27 bits per heavy atom. The Hall–Kier alpha value is -0.0400. The van der Waals surface area contributed by atoms with Gasteiger partial charge in [0.15, 0.2) is 0 Å². The maximum atomic E-state index is 3.92. The highest BCUT2D eigenvalue weighted by molar-refractivity contribution is 4.90. The molecule has 2 atom stereocenters. The molecule has 0 saturated heterocycles. The Bertz CT molecular complexity index is 205. The zero-order valence-corrected chi connectivity index (χ0v) is 10.7. The Kier molecular flexibility index (Phi) is 3.39. The van der Waals surface area contributed by atoms with E-state index in [1.165, 1.54) is 44.9 Å². The molecule has 2 fully saturated rings. The highest BCUT2D eigenvalue weighted by Gasteiger charge is 2.34. The SMILES string of the molecule is CCC(NC1CCCC(C)(C)C1)C1CC1. The van der Waals surface area contributed by atoms with Gasteiger partial charge in [-0.25, -0.2) is 0 Å². The monoisotopic (exact) mass is 209 g/mol. The van der Waals surface area contributed by atoms with Crippen molar-refractivity contribution in [3.05, 3.63) is 0 Å². The molecule has 2 aliphatic rings. The van der Waals surface area contributed by atoms with Crippen molar-refractivity contribution in [1.82, 2.24) is 5.32 Å². The van der Waals surface area contributed by atoms with Gasteiger partial charge in [0.25, 0.3) is 0 Å². The number of hydrogen-bond donors (Lipinski definition) is 1. The van der Waals surface area contributed by atoms with Crippen molar-refractivity contribution in [3.63, 3.8) is 0 Å². The predicted octanol–water partition coefficient (Wildman–Crippen LogP) is 3.73. The quantitative estimate of drug-likeness (QED) is 0.744. The molecular weight excluding hydrogens is 182 g/mol. The van der Waals surface area contributed by atoms with Crippen LogP contribution in [-0.4, -0.2) is 12.1 Å². The third kappa shape index (κ3) is 3.21. The minimum Gasteiger partial charge on any atom is -0.311 e. The second-order valence-corrected chi connectivity index (χ2v) is 6.48. The minimum atomic E-state index is 0.581. The summed E-state index contributed by atoms with van der Waals surface area (Å²) < 4.78 is 0. The molecule has 0 spiro atoms. The second kappa shape index (κ2) is 4.45. The molecule has 15 heavy (non-hydrogen) atoms. The van der Waals surface area contributed by atoms with Gasteiger partial charge in [0, 0.05) is 12.1 Å². The van der Waals surface area contributed by atoms with E-state index in [-0.39, 0.29) is 0 Å². The maximum absolute atomic E-state index is 3.92. The van der Waals surface area contributed by atoms with Crippen LogP contribution in [0.1, 0.15) is 65.7 Å². The van der Waals surface area contributed by atoms with E-state index in [1.807, 2.05) is 0 Å². The van der Waals surface area contributed by atoms with E-state index in [2.05, 4.69) is 26.1 Å². The molecule has 2 unspecified atom stereocenters. The first-order chi connectivity index (χ1) is 7.11. The van der Waals surface area contributed by atoms with Gasteiger partial charge in [-0.3, -0.25) is 0 Å². The van der Waals surface area contributed by atoms with Crippen molar-refractivity contribution >= 4 is 0 Å². The van der Waals surface area contributed by atoms with E-state index in [9.17, 15) is 0 Å². The van der Waals surface area contributed by atoms with Gasteiger partial charge in [-0.1, -0.05) is 27.2 Å². The van der Waals surface area contributed by atoms with E-state index in [4.69, 9.17) is 0 Å². The van der Waals surface area contributed by atoms with E-state index >= 15 is 0 Å². The summed E-state index contributed by atoms with van der Waals surface area (Å²) in [5, 5.41) is 3.92. The fourth-order valence-corrected chi connectivity index (χ4v) is 3.23. The van der Waals surface area contributed by atoms with Crippen LogP contribution >= 0.6 is 0 Å². The van der Waals surface area contributed by atoms with Crippen LogP contribution in [-0.2, 0) is 0 Å². The summed E-state index contributed by atoms with van der Waals surface area (Å²) in [6.07, 6.45) is 9.91. The Morgan fingerprint density at radius 3 is 2.53 bits per heavy atom. The largest absolute Gasteiger partial charge is 0.311 e. The van der Waals surface area contributed by atoms with Crippen molar-refractivity contribution in [1.29, 1.82) is 0 Å². The van der Waals surface area contributed by atoms with Crippen LogP contribution in [0.2, 0.25) is 0 Å². The molecule has 0 amide bonds. The first-order valence-corrected chi connectivity index (χ1v) is 6.87. The molecule has 0 aliphatic heterocycles. The topological polar surface area (TPSA) is 12.0 Å². The zero-order chi connectivity index (χ0) is 10.9. The molecule has 0 bridgehead atoms. The Balaban J connectivity index is 1.82. The lowest BCUT2D eigenvalue weighted by Crippen LogP contribution is -2.43. The predicted molar refractivity (Wildman–Crippen MR) is 66.0 cm³/mol. The van der Waals surface area contributed by atoms with Crippen molar-refractivity contribution in [2.24, 2.45) is 11.3 Å².